The molecule has 1 aliphatic rings. The summed E-state index contributed by atoms with van der Waals surface area (Å²) in [6, 6.07) is 9.39. The Kier molecular flexibility index (Phi) is 5.12. The van der Waals surface area contributed by atoms with Crippen LogP contribution in [0.5, 0.6) is 0 Å². The van der Waals surface area contributed by atoms with E-state index in [1.165, 1.54) is 12.1 Å². The van der Waals surface area contributed by atoms with Gasteiger partial charge in [0.25, 0.3) is 5.91 Å². The third kappa shape index (κ3) is 3.57. The maximum absolute atomic E-state index is 12.9. The van der Waals surface area contributed by atoms with Crippen molar-refractivity contribution in [2.24, 2.45) is 11.1 Å². The number of furan rings is 1. The van der Waals surface area contributed by atoms with Crippen LogP contribution in [0.15, 0.2) is 40.8 Å². The van der Waals surface area contributed by atoms with Gasteiger partial charge in [0, 0.05) is 18.7 Å². The second-order valence-corrected chi connectivity index (χ2v) is 6.16. The minimum absolute atomic E-state index is 0. The van der Waals surface area contributed by atoms with Crippen molar-refractivity contribution >= 4 is 18.3 Å². The molecule has 6 heteroatoms. The quantitative estimate of drug-likeness (QED) is 0.934. The van der Waals surface area contributed by atoms with Crippen molar-refractivity contribution in [3.05, 3.63) is 48.0 Å². The van der Waals surface area contributed by atoms with Crippen molar-refractivity contribution in [3.8, 4) is 11.3 Å². The number of nitrogens with two attached hydrogens (primary N) is 1. The molecule has 0 saturated carbocycles. The Balaban J connectivity index is 0.00000192. The smallest absolute Gasteiger partial charge is 0.289 e. The minimum atomic E-state index is -0.301. The summed E-state index contributed by atoms with van der Waals surface area (Å²) in [5.74, 6) is 0.444. The molecule has 2 N–H and O–H groups in total. The Hall–Kier alpha value is -1.85. The minimum Gasteiger partial charge on any atom is -0.451 e. The molecule has 0 aliphatic carbocycles. The van der Waals surface area contributed by atoms with Gasteiger partial charge in [-0.15, -0.1) is 12.4 Å². The van der Waals surface area contributed by atoms with E-state index < -0.39 is 0 Å². The number of amides is 1. The van der Waals surface area contributed by atoms with Crippen molar-refractivity contribution in [3.63, 3.8) is 0 Å². The summed E-state index contributed by atoms with van der Waals surface area (Å²) in [4.78, 5) is 14.3. The van der Waals surface area contributed by atoms with E-state index in [0.717, 1.165) is 12.0 Å². The van der Waals surface area contributed by atoms with E-state index in [4.69, 9.17) is 10.2 Å². The molecule has 2 heterocycles. The zero-order chi connectivity index (χ0) is 15.7. The Morgan fingerprint density at radius 1 is 1.30 bits per heavy atom. The van der Waals surface area contributed by atoms with Gasteiger partial charge in [-0.25, -0.2) is 4.39 Å². The van der Waals surface area contributed by atoms with Gasteiger partial charge >= 0.3 is 0 Å². The van der Waals surface area contributed by atoms with Crippen molar-refractivity contribution in [2.75, 3.05) is 19.6 Å². The highest BCUT2D eigenvalue weighted by molar-refractivity contribution is 5.92. The summed E-state index contributed by atoms with van der Waals surface area (Å²) in [5.41, 5.74) is 6.50. The average molecular weight is 339 g/mol. The fourth-order valence-electron chi connectivity index (χ4n) is 2.74. The van der Waals surface area contributed by atoms with Crippen LogP contribution in [0, 0.1) is 11.2 Å². The molecule has 124 valence electrons. The third-order valence-corrected chi connectivity index (χ3v) is 4.28. The average Bonchev–Trinajstić information content (AvgIpc) is 3.15. The van der Waals surface area contributed by atoms with Crippen LogP contribution >= 0.6 is 12.4 Å². The topological polar surface area (TPSA) is 59.5 Å². The number of halogens is 2. The molecule has 1 aromatic heterocycles. The SMILES string of the molecule is CC1(CN)CCN(C(=O)c2ccc(-c3ccc(F)cc3)o2)C1.Cl. The van der Waals surface area contributed by atoms with Gasteiger partial charge in [-0.1, -0.05) is 6.92 Å². The third-order valence-electron chi connectivity index (χ3n) is 4.28. The lowest BCUT2D eigenvalue weighted by molar-refractivity contribution is 0.0746. The molecule has 1 fully saturated rings. The van der Waals surface area contributed by atoms with E-state index in [1.54, 1.807) is 29.2 Å². The van der Waals surface area contributed by atoms with Gasteiger partial charge in [-0.2, -0.15) is 0 Å². The molecule has 4 nitrogen and oxygen atoms in total. The molecule has 1 saturated heterocycles. The van der Waals surface area contributed by atoms with Gasteiger partial charge in [0.2, 0.25) is 0 Å². The van der Waals surface area contributed by atoms with E-state index in [0.29, 0.717) is 31.2 Å². The lowest BCUT2D eigenvalue weighted by atomic mass is 9.90. The molecule has 1 unspecified atom stereocenters. The number of hydrogen-bond acceptors (Lipinski definition) is 3. The fourth-order valence-corrected chi connectivity index (χ4v) is 2.74. The summed E-state index contributed by atoms with van der Waals surface area (Å²) in [5, 5.41) is 0. The van der Waals surface area contributed by atoms with Crippen molar-refractivity contribution < 1.29 is 13.6 Å². The first-order valence-electron chi connectivity index (χ1n) is 7.36. The molecule has 0 radical (unpaired) electrons. The number of likely N-dealkylation sites (tertiary alicyclic amines) is 1. The van der Waals surface area contributed by atoms with Crippen LogP contribution < -0.4 is 5.73 Å². The Morgan fingerprint density at radius 2 is 2.00 bits per heavy atom. The van der Waals surface area contributed by atoms with Crippen LogP contribution in [0.4, 0.5) is 4.39 Å². The molecule has 1 amide bonds. The summed E-state index contributed by atoms with van der Waals surface area (Å²) in [6.07, 6.45) is 0.904. The first-order chi connectivity index (χ1) is 10.5. The van der Waals surface area contributed by atoms with Crippen LogP contribution in [0.1, 0.15) is 23.9 Å². The zero-order valence-corrected chi connectivity index (χ0v) is 13.7. The first-order valence-corrected chi connectivity index (χ1v) is 7.36. The van der Waals surface area contributed by atoms with Crippen LogP contribution in [0.25, 0.3) is 11.3 Å². The van der Waals surface area contributed by atoms with Crippen molar-refractivity contribution in [1.29, 1.82) is 0 Å². The molecular formula is C17H20ClFN2O2. The molecule has 1 aliphatic heterocycles. The number of benzene rings is 1. The molecular weight excluding hydrogens is 319 g/mol. The monoisotopic (exact) mass is 338 g/mol. The van der Waals surface area contributed by atoms with Gasteiger partial charge in [0.15, 0.2) is 5.76 Å². The standard InChI is InChI=1S/C17H19FN2O2.ClH/c1-17(10-19)8-9-20(11-17)16(21)15-7-6-14(22-15)12-2-4-13(18)5-3-12;/h2-7H,8-11,19H2,1H3;1H. The normalized spacial score (nSPS) is 20.4. The molecule has 2 aromatic rings. The molecule has 23 heavy (non-hydrogen) atoms. The van der Waals surface area contributed by atoms with Crippen LogP contribution in [0.3, 0.4) is 0 Å². The van der Waals surface area contributed by atoms with Crippen LogP contribution in [0.2, 0.25) is 0 Å². The van der Waals surface area contributed by atoms with Gasteiger partial charge in [0.05, 0.1) is 0 Å². The molecule has 1 aromatic carbocycles. The highest BCUT2D eigenvalue weighted by atomic mass is 35.5. The summed E-state index contributed by atoms with van der Waals surface area (Å²) >= 11 is 0. The van der Waals surface area contributed by atoms with E-state index >= 15 is 0 Å². The van der Waals surface area contributed by atoms with Crippen LogP contribution in [-0.4, -0.2) is 30.4 Å². The molecule has 3 rings (SSSR count). The summed E-state index contributed by atoms with van der Waals surface area (Å²) in [6.45, 7) is 4.00. The molecule has 0 bridgehead atoms. The Morgan fingerprint density at radius 3 is 2.61 bits per heavy atom. The van der Waals surface area contributed by atoms with E-state index in [1.807, 2.05) is 0 Å². The number of nitrogens with zero attached hydrogens (tertiary/aromatic N) is 1. The number of carbonyl (C=O) groups is 1. The van der Waals surface area contributed by atoms with Crippen molar-refractivity contribution in [1.82, 2.24) is 4.90 Å². The summed E-state index contributed by atoms with van der Waals surface area (Å²) in [7, 11) is 0. The van der Waals surface area contributed by atoms with E-state index in [-0.39, 0.29) is 29.5 Å². The number of rotatable bonds is 3. The molecule has 0 spiro atoms. The highest BCUT2D eigenvalue weighted by Crippen LogP contribution is 2.30. The second-order valence-electron chi connectivity index (χ2n) is 6.16. The van der Waals surface area contributed by atoms with Gasteiger partial charge in [0.1, 0.15) is 11.6 Å². The lowest BCUT2D eigenvalue weighted by Crippen LogP contribution is -2.34. The Labute approximate surface area is 140 Å². The van der Waals surface area contributed by atoms with E-state index in [2.05, 4.69) is 6.92 Å². The van der Waals surface area contributed by atoms with Crippen LogP contribution in [-0.2, 0) is 0 Å². The predicted molar refractivity (Wildman–Crippen MR) is 89.0 cm³/mol. The van der Waals surface area contributed by atoms with Gasteiger partial charge in [-0.3, -0.25) is 4.79 Å². The zero-order valence-electron chi connectivity index (χ0n) is 12.9. The fraction of sp³-hybridized carbons (Fsp3) is 0.353. The number of hydrogen-bond donors (Lipinski definition) is 1. The maximum atomic E-state index is 12.9. The largest absolute Gasteiger partial charge is 0.451 e. The van der Waals surface area contributed by atoms with Crippen molar-refractivity contribution in [2.45, 2.75) is 13.3 Å². The van der Waals surface area contributed by atoms with Gasteiger partial charge in [-0.05, 0) is 54.8 Å². The summed E-state index contributed by atoms with van der Waals surface area (Å²) < 4.78 is 18.6. The second kappa shape index (κ2) is 6.72. The molecule has 1 atom stereocenters. The predicted octanol–water partition coefficient (Wildman–Crippen LogP) is 3.32. The van der Waals surface area contributed by atoms with Gasteiger partial charge < -0.3 is 15.1 Å². The maximum Gasteiger partial charge on any atom is 0.289 e. The highest BCUT2D eigenvalue weighted by Gasteiger charge is 2.36. The lowest BCUT2D eigenvalue weighted by Gasteiger charge is -2.21. The Bertz CT molecular complexity index is 686. The first kappa shape index (κ1) is 17.5. The number of carbonyl (C=O) groups excluding carboxylic acids is 1. The van der Waals surface area contributed by atoms with E-state index in [9.17, 15) is 9.18 Å².